The molecule has 0 aliphatic heterocycles. The molecule has 1 aliphatic rings. The van der Waals surface area contributed by atoms with Crippen molar-refractivity contribution in [3.05, 3.63) is 12.7 Å². The molecule has 0 saturated heterocycles. The normalized spacial score (nSPS) is 16.2. The smallest absolute Gasteiger partial charge is 0.407 e. The maximum atomic E-state index is 12.4. The molecule has 0 aromatic carbocycles. The van der Waals surface area contributed by atoms with E-state index >= 15 is 0 Å². The molecular formula is C19H33NO4. The summed E-state index contributed by atoms with van der Waals surface area (Å²) in [6.45, 7) is 6.44. The van der Waals surface area contributed by atoms with E-state index in [-0.39, 0.29) is 18.5 Å². The van der Waals surface area contributed by atoms with Gasteiger partial charge in [-0.3, -0.25) is 0 Å². The molecule has 0 aromatic rings. The van der Waals surface area contributed by atoms with Crippen molar-refractivity contribution in [2.24, 2.45) is 5.92 Å². The van der Waals surface area contributed by atoms with E-state index in [4.69, 9.17) is 9.47 Å². The fraction of sp³-hybridized carbons (Fsp3) is 0.789. The van der Waals surface area contributed by atoms with Gasteiger partial charge in [0.15, 0.2) is 0 Å². The first kappa shape index (κ1) is 20.5. The number of rotatable bonds is 11. The average molecular weight is 339 g/mol. The van der Waals surface area contributed by atoms with Crippen LogP contribution in [-0.2, 0) is 14.3 Å². The van der Waals surface area contributed by atoms with Crippen LogP contribution in [0.2, 0.25) is 0 Å². The van der Waals surface area contributed by atoms with Gasteiger partial charge in [-0.1, -0.05) is 51.5 Å². The van der Waals surface area contributed by atoms with Crippen LogP contribution in [0.5, 0.6) is 0 Å². The largest absolute Gasteiger partial charge is 0.464 e. The monoisotopic (exact) mass is 339 g/mol. The topological polar surface area (TPSA) is 64.6 Å². The highest BCUT2D eigenvalue weighted by atomic mass is 16.6. The van der Waals surface area contributed by atoms with E-state index in [2.05, 4.69) is 18.8 Å². The third-order valence-electron chi connectivity index (χ3n) is 4.45. The Morgan fingerprint density at radius 1 is 1.12 bits per heavy atom. The number of unbranched alkanes of at least 4 members (excludes halogenated alkanes) is 3. The molecule has 1 N–H and O–H groups in total. The minimum Gasteiger partial charge on any atom is -0.464 e. The van der Waals surface area contributed by atoms with Crippen molar-refractivity contribution in [1.82, 2.24) is 5.32 Å². The standard InChI is InChI=1S/C19H33NO4/c1-3-5-7-11-15-23-18(21)17(16-12-9-8-10-13-16)20-19(22)24-14-6-4-2/h4,16-17H,2-3,5-15H2,1H3,(H,20,22). The number of hydrogen-bond acceptors (Lipinski definition) is 4. The van der Waals surface area contributed by atoms with Crippen LogP contribution in [-0.4, -0.2) is 31.3 Å². The quantitative estimate of drug-likeness (QED) is 0.345. The van der Waals surface area contributed by atoms with Crippen LogP contribution in [0.4, 0.5) is 4.79 Å². The van der Waals surface area contributed by atoms with Gasteiger partial charge in [0.2, 0.25) is 0 Å². The second-order valence-corrected chi connectivity index (χ2v) is 6.46. The summed E-state index contributed by atoms with van der Waals surface area (Å²) in [6, 6.07) is -0.590. The average Bonchev–Trinajstić information content (AvgIpc) is 2.60. The number of hydrogen-bond donors (Lipinski definition) is 1. The summed E-state index contributed by atoms with van der Waals surface area (Å²) in [5, 5.41) is 2.73. The highest BCUT2D eigenvalue weighted by Gasteiger charge is 2.32. The molecule has 1 aliphatic carbocycles. The Morgan fingerprint density at radius 3 is 2.54 bits per heavy atom. The van der Waals surface area contributed by atoms with Gasteiger partial charge in [-0.25, -0.2) is 9.59 Å². The van der Waals surface area contributed by atoms with E-state index in [0.717, 1.165) is 51.4 Å². The van der Waals surface area contributed by atoms with E-state index in [9.17, 15) is 9.59 Å². The highest BCUT2D eigenvalue weighted by molar-refractivity contribution is 5.81. The SMILES string of the molecule is C=CCCOC(=O)NC(C(=O)OCCCCCC)C1CCCCC1. The first-order valence-corrected chi connectivity index (χ1v) is 9.39. The molecule has 1 fully saturated rings. The number of carbonyl (C=O) groups excluding carboxylic acids is 2. The van der Waals surface area contributed by atoms with Crippen LogP contribution in [0.25, 0.3) is 0 Å². The predicted octanol–water partition coefficient (Wildman–Crippen LogP) is 4.36. The summed E-state index contributed by atoms with van der Waals surface area (Å²) in [7, 11) is 0. The summed E-state index contributed by atoms with van der Waals surface area (Å²) in [6.07, 6.45) is 11.3. The van der Waals surface area contributed by atoms with Crippen LogP contribution in [0.15, 0.2) is 12.7 Å². The van der Waals surface area contributed by atoms with Crippen molar-refractivity contribution < 1.29 is 19.1 Å². The van der Waals surface area contributed by atoms with Gasteiger partial charge >= 0.3 is 12.1 Å². The third kappa shape index (κ3) is 8.37. The summed E-state index contributed by atoms with van der Waals surface area (Å²) >= 11 is 0. The van der Waals surface area contributed by atoms with Crippen molar-refractivity contribution in [1.29, 1.82) is 0 Å². The minimum atomic E-state index is -0.590. The second kappa shape index (κ2) is 12.8. The summed E-state index contributed by atoms with van der Waals surface area (Å²) in [4.78, 5) is 24.3. The summed E-state index contributed by atoms with van der Waals surface area (Å²) in [5.74, 6) is -0.173. The molecular weight excluding hydrogens is 306 g/mol. The van der Waals surface area contributed by atoms with Crippen LogP contribution in [0.1, 0.15) is 71.1 Å². The Morgan fingerprint density at radius 2 is 1.88 bits per heavy atom. The van der Waals surface area contributed by atoms with Crippen molar-refractivity contribution in [3.8, 4) is 0 Å². The van der Waals surface area contributed by atoms with E-state index in [1.807, 2.05) is 0 Å². The van der Waals surface area contributed by atoms with Gasteiger partial charge in [0.25, 0.3) is 0 Å². The molecule has 0 spiro atoms. The lowest BCUT2D eigenvalue weighted by Crippen LogP contribution is -2.47. The van der Waals surface area contributed by atoms with Crippen molar-refractivity contribution >= 4 is 12.1 Å². The molecule has 1 amide bonds. The fourth-order valence-electron chi connectivity index (χ4n) is 3.03. The molecule has 0 bridgehead atoms. The van der Waals surface area contributed by atoms with E-state index in [1.165, 1.54) is 6.42 Å². The Hall–Kier alpha value is -1.52. The lowest BCUT2D eigenvalue weighted by molar-refractivity contribution is -0.148. The van der Waals surface area contributed by atoms with E-state index in [0.29, 0.717) is 13.0 Å². The molecule has 5 heteroatoms. The summed E-state index contributed by atoms with van der Waals surface area (Å²) < 4.78 is 10.5. The Labute approximate surface area is 146 Å². The number of ether oxygens (including phenoxy) is 2. The molecule has 5 nitrogen and oxygen atoms in total. The molecule has 1 unspecified atom stereocenters. The third-order valence-corrected chi connectivity index (χ3v) is 4.45. The number of alkyl carbamates (subject to hydrolysis) is 1. The van der Waals surface area contributed by atoms with Gasteiger partial charge in [0, 0.05) is 0 Å². The van der Waals surface area contributed by atoms with Gasteiger partial charge in [-0.05, 0) is 31.6 Å². The molecule has 0 radical (unpaired) electrons. The van der Waals surface area contributed by atoms with E-state index < -0.39 is 12.1 Å². The van der Waals surface area contributed by atoms with Gasteiger partial charge in [-0.15, -0.1) is 6.58 Å². The number of nitrogens with one attached hydrogen (secondary N) is 1. The lowest BCUT2D eigenvalue weighted by atomic mass is 9.84. The van der Waals surface area contributed by atoms with Crippen LogP contribution >= 0.6 is 0 Å². The zero-order valence-electron chi connectivity index (χ0n) is 15.1. The van der Waals surface area contributed by atoms with Crippen LogP contribution < -0.4 is 5.32 Å². The molecule has 1 saturated carbocycles. The highest BCUT2D eigenvalue weighted by Crippen LogP contribution is 2.27. The molecule has 0 heterocycles. The first-order valence-electron chi connectivity index (χ1n) is 9.39. The number of carbonyl (C=O) groups is 2. The molecule has 0 aromatic heterocycles. The summed E-state index contributed by atoms with van der Waals surface area (Å²) in [5.41, 5.74) is 0. The zero-order chi connectivity index (χ0) is 17.6. The molecule has 1 atom stereocenters. The second-order valence-electron chi connectivity index (χ2n) is 6.46. The Bertz CT molecular complexity index is 378. The minimum absolute atomic E-state index is 0.147. The lowest BCUT2D eigenvalue weighted by Gasteiger charge is -2.29. The van der Waals surface area contributed by atoms with Crippen LogP contribution in [0, 0.1) is 5.92 Å². The van der Waals surface area contributed by atoms with Gasteiger partial charge < -0.3 is 14.8 Å². The van der Waals surface area contributed by atoms with Crippen molar-refractivity contribution in [3.63, 3.8) is 0 Å². The van der Waals surface area contributed by atoms with E-state index in [1.54, 1.807) is 6.08 Å². The maximum absolute atomic E-state index is 12.4. The fourth-order valence-corrected chi connectivity index (χ4v) is 3.03. The zero-order valence-corrected chi connectivity index (χ0v) is 15.1. The first-order chi connectivity index (χ1) is 11.7. The van der Waals surface area contributed by atoms with Gasteiger partial charge in [0.05, 0.1) is 13.2 Å². The van der Waals surface area contributed by atoms with Gasteiger partial charge in [0.1, 0.15) is 6.04 Å². The molecule has 1 rings (SSSR count). The predicted molar refractivity (Wildman–Crippen MR) is 94.8 cm³/mol. The van der Waals surface area contributed by atoms with Crippen molar-refractivity contribution in [2.75, 3.05) is 13.2 Å². The van der Waals surface area contributed by atoms with Crippen molar-refractivity contribution in [2.45, 2.75) is 77.2 Å². The maximum Gasteiger partial charge on any atom is 0.407 e. The number of esters is 1. The Balaban J connectivity index is 2.48. The van der Waals surface area contributed by atoms with Crippen LogP contribution in [0.3, 0.4) is 0 Å². The molecule has 24 heavy (non-hydrogen) atoms. The number of amides is 1. The Kier molecular flexibility index (Phi) is 11.0. The molecule has 138 valence electrons. The van der Waals surface area contributed by atoms with Gasteiger partial charge in [-0.2, -0.15) is 0 Å².